The number of hydrogen-bond donors (Lipinski definition) is 0. The molecule has 0 saturated carbocycles. The summed E-state index contributed by atoms with van der Waals surface area (Å²) in [6, 6.07) is 5.87. The molecular formula is C16H22O6S. The van der Waals surface area contributed by atoms with Crippen molar-refractivity contribution in [3.8, 4) is 0 Å². The molecule has 1 heterocycles. The third-order valence-electron chi connectivity index (χ3n) is 3.50. The number of carbonyl (C=O) groups excluding carboxylic acids is 1. The van der Waals surface area contributed by atoms with Crippen molar-refractivity contribution in [2.75, 3.05) is 25.6 Å². The van der Waals surface area contributed by atoms with E-state index in [0.29, 0.717) is 6.61 Å². The highest BCUT2D eigenvalue weighted by Crippen LogP contribution is 2.16. The first kappa shape index (κ1) is 17.9. The van der Waals surface area contributed by atoms with Gasteiger partial charge in [0.1, 0.15) is 0 Å². The summed E-state index contributed by atoms with van der Waals surface area (Å²) in [5.74, 6) is -0.685. The van der Waals surface area contributed by atoms with E-state index < -0.39 is 15.8 Å². The molecule has 0 radical (unpaired) electrons. The summed E-state index contributed by atoms with van der Waals surface area (Å²) in [6.45, 7) is 2.66. The zero-order valence-corrected chi connectivity index (χ0v) is 14.0. The minimum absolute atomic E-state index is 0.0661. The van der Waals surface area contributed by atoms with Crippen LogP contribution in [-0.2, 0) is 24.0 Å². The number of ether oxygens (including phenoxy) is 3. The van der Waals surface area contributed by atoms with Gasteiger partial charge in [-0.15, -0.1) is 0 Å². The van der Waals surface area contributed by atoms with Crippen LogP contribution in [0.25, 0.3) is 0 Å². The standard InChI is InChI=1S/C16H22O6S/c1-2-20-16(17)13-6-5-7-14(12-13)23(18,19)11-10-22-15-8-3-4-9-21-15/h5-7,12,15H,2-4,8-11H2,1H3. The van der Waals surface area contributed by atoms with E-state index in [0.717, 1.165) is 19.3 Å². The topological polar surface area (TPSA) is 78.9 Å². The fourth-order valence-corrected chi connectivity index (χ4v) is 3.42. The molecule has 1 fully saturated rings. The van der Waals surface area contributed by atoms with Gasteiger partial charge in [0.05, 0.1) is 29.4 Å². The minimum Gasteiger partial charge on any atom is -0.462 e. The third-order valence-corrected chi connectivity index (χ3v) is 5.17. The zero-order valence-electron chi connectivity index (χ0n) is 13.2. The Kier molecular flexibility index (Phi) is 6.56. The molecule has 0 aliphatic carbocycles. The van der Waals surface area contributed by atoms with E-state index in [1.807, 2.05) is 0 Å². The van der Waals surface area contributed by atoms with Gasteiger partial charge in [-0.2, -0.15) is 0 Å². The summed E-state index contributed by atoms with van der Waals surface area (Å²) >= 11 is 0. The van der Waals surface area contributed by atoms with Gasteiger partial charge in [-0.05, 0) is 44.4 Å². The summed E-state index contributed by atoms with van der Waals surface area (Å²) in [7, 11) is -3.52. The van der Waals surface area contributed by atoms with Gasteiger partial charge in [0.2, 0.25) is 0 Å². The lowest BCUT2D eigenvalue weighted by molar-refractivity contribution is -0.158. The van der Waals surface area contributed by atoms with E-state index >= 15 is 0 Å². The molecule has 0 bridgehead atoms. The molecule has 6 nitrogen and oxygen atoms in total. The average molecular weight is 342 g/mol. The quantitative estimate of drug-likeness (QED) is 0.707. The Labute approximate surface area is 136 Å². The molecular weight excluding hydrogens is 320 g/mol. The number of sulfone groups is 1. The Bertz CT molecular complexity index is 619. The first-order valence-electron chi connectivity index (χ1n) is 7.76. The molecule has 1 aliphatic heterocycles. The lowest BCUT2D eigenvalue weighted by atomic mass is 10.2. The lowest BCUT2D eigenvalue weighted by Crippen LogP contribution is -2.25. The second-order valence-electron chi connectivity index (χ2n) is 5.23. The van der Waals surface area contributed by atoms with Gasteiger partial charge in [-0.3, -0.25) is 0 Å². The van der Waals surface area contributed by atoms with E-state index in [-0.39, 0.29) is 35.7 Å². The first-order valence-corrected chi connectivity index (χ1v) is 9.41. The number of benzene rings is 1. The first-order chi connectivity index (χ1) is 11.0. The molecule has 0 aromatic heterocycles. The summed E-state index contributed by atoms with van der Waals surface area (Å²) < 4.78 is 40.4. The van der Waals surface area contributed by atoms with Gasteiger partial charge in [-0.25, -0.2) is 13.2 Å². The molecule has 0 amide bonds. The minimum atomic E-state index is -3.52. The zero-order chi connectivity index (χ0) is 16.7. The third kappa shape index (κ3) is 5.30. The maximum Gasteiger partial charge on any atom is 0.338 e. The summed E-state index contributed by atoms with van der Waals surface area (Å²) in [5.41, 5.74) is 0.226. The van der Waals surface area contributed by atoms with E-state index in [2.05, 4.69) is 0 Å². The summed E-state index contributed by atoms with van der Waals surface area (Å²) in [6.07, 6.45) is 2.51. The highest BCUT2D eigenvalue weighted by molar-refractivity contribution is 7.91. The van der Waals surface area contributed by atoms with Crippen molar-refractivity contribution in [3.63, 3.8) is 0 Å². The highest BCUT2D eigenvalue weighted by atomic mass is 32.2. The molecule has 1 unspecified atom stereocenters. The molecule has 128 valence electrons. The number of carbonyl (C=O) groups is 1. The largest absolute Gasteiger partial charge is 0.462 e. The molecule has 7 heteroatoms. The van der Waals surface area contributed by atoms with Gasteiger partial charge in [0.25, 0.3) is 0 Å². The van der Waals surface area contributed by atoms with Crippen molar-refractivity contribution in [3.05, 3.63) is 29.8 Å². The SMILES string of the molecule is CCOC(=O)c1cccc(S(=O)(=O)CCOC2CCCCO2)c1. The number of esters is 1. The van der Waals surface area contributed by atoms with Crippen molar-refractivity contribution in [1.82, 2.24) is 0 Å². The van der Waals surface area contributed by atoms with Crippen LogP contribution < -0.4 is 0 Å². The maximum absolute atomic E-state index is 12.3. The molecule has 1 atom stereocenters. The molecule has 0 spiro atoms. The number of hydrogen-bond acceptors (Lipinski definition) is 6. The van der Waals surface area contributed by atoms with E-state index in [9.17, 15) is 13.2 Å². The van der Waals surface area contributed by atoms with Crippen molar-refractivity contribution < 1.29 is 27.4 Å². The van der Waals surface area contributed by atoms with Gasteiger partial charge < -0.3 is 14.2 Å². The van der Waals surface area contributed by atoms with Gasteiger partial charge in [0.15, 0.2) is 16.1 Å². The van der Waals surface area contributed by atoms with Gasteiger partial charge >= 0.3 is 5.97 Å². The van der Waals surface area contributed by atoms with Crippen molar-refractivity contribution >= 4 is 15.8 Å². The van der Waals surface area contributed by atoms with Crippen LogP contribution in [0.1, 0.15) is 36.5 Å². The molecule has 1 aromatic carbocycles. The Morgan fingerprint density at radius 1 is 1.35 bits per heavy atom. The van der Waals surface area contributed by atoms with Crippen molar-refractivity contribution in [2.45, 2.75) is 37.4 Å². The van der Waals surface area contributed by atoms with Crippen molar-refractivity contribution in [2.24, 2.45) is 0 Å². The van der Waals surface area contributed by atoms with E-state index in [1.165, 1.54) is 24.3 Å². The van der Waals surface area contributed by atoms with Crippen LogP contribution in [0.15, 0.2) is 29.2 Å². The van der Waals surface area contributed by atoms with Crippen LogP contribution in [0.3, 0.4) is 0 Å². The molecule has 2 rings (SSSR count). The van der Waals surface area contributed by atoms with Crippen LogP contribution in [0.5, 0.6) is 0 Å². The fraction of sp³-hybridized carbons (Fsp3) is 0.562. The molecule has 1 saturated heterocycles. The van der Waals surface area contributed by atoms with Crippen LogP contribution >= 0.6 is 0 Å². The molecule has 1 aromatic rings. The number of rotatable bonds is 7. The van der Waals surface area contributed by atoms with E-state index in [1.54, 1.807) is 6.92 Å². The van der Waals surface area contributed by atoms with Crippen molar-refractivity contribution in [1.29, 1.82) is 0 Å². The normalized spacial score (nSPS) is 18.6. The Hall–Kier alpha value is -1.44. The van der Waals surface area contributed by atoms with E-state index in [4.69, 9.17) is 14.2 Å². The predicted octanol–water partition coefficient (Wildman–Crippen LogP) is 2.18. The molecule has 23 heavy (non-hydrogen) atoms. The monoisotopic (exact) mass is 342 g/mol. The highest BCUT2D eigenvalue weighted by Gasteiger charge is 2.19. The lowest BCUT2D eigenvalue weighted by Gasteiger charge is -2.22. The van der Waals surface area contributed by atoms with Crippen LogP contribution in [0.2, 0.25) is 0 Å². The second kappa shape index (κ2) is 8.42. The molecule has 0 N–H and O–H groups in total. The summed E-state index contributed by atoms with van der Waals surface area (Å²) in [4.78, 5) is 11.8. The Morgan fingerprint density at radius 2 is 2.17 bits per heavy atom. The molecule has 1 aliphatic rings. The average Bonchev–Trinajstić information content (AvgIpc) is 2.56. The fourth-order valence-electron chi connectivity index (χ4n) is 2.28. The second-order valence-corrected chi connectivity index (χ2v) is 7.34. The Morgan fingerprint density at radius 3 is 2.87 bits per heavy atom. The maximum atomic E-state index is 12.3. The van der Waals surface area contributed by atoms with Crippen LogP contribution in [-0.4, -0.2) is 46.3 Å². The van der Waals surface area contributed by atoms with Crippen LogP contribution in [0, 0.1) is 0 Å². The Balaban J connectivity index is 1.95. The van der Waals surface area contributed by atoms with Gasteiger partial charge in [-0.1, -0.05) is 6.07 Å². The van der Waals surface area contributed by atoms with Gasteiger partial charge in [0, 0.05) is 6.61 Å². The summed E-state index contributed by atoms with van der Waals surface area (Å²) in [5, 5.41) is 0. The predicted molar refractivity (Wildman–Crippen MR) is 84.0 cm³/mol. The smallest absolute Gasteiger partial charge is 0.338 e. The van der Waals surface area contributed by atoms with Crippen LogP contribution in [0.4, 0.5) is 0 Å².